The van der Waals surface area contributed by atoms with Crippen molar-refractivity contribution < 1.29 is 32.3 Å². The fourth-order valence-corrected chi connectivity index (χ4v) is 1.89. The van der Waals surface area contributed by atoms with Crippen molar-refractivity contribution in [3.8, 4) is 0 Å². The van der Waals surface area contributed by atoms with Gasteiger partial charge in [0.15, 0.2) is 0 Å². The summed E-state index contributed by atoms with van der Waals surface area (Å²) in [6.07, 6.45) is -3.69. The molecule has 0 aliphatic carbocycles. The van der Waals surface area contributed by atoms with Crippen LogP contribution in [0.25, 0.3) is 0 Å². The van der Waals surface area contributed by atoms with Crippen LogP contribution in [0, 0.1) is 5.41 Å². The van der Waals surface area contributed by atoms with E-state index in [0.29, 0.717) is 4.90 Å². The fraction of sp³-hybridized carbons (Fsp3) is 0.800. The number of carboxylic acid groups (broad SMARTS) is 1. The van der Waals surface area contributed by atoms with Gasteiger partial charge in [0.2, 0.25) is 0 Å². The molecule has 8 heteroatoms. The number of rotatable bonds is 3. The summed E-state index contributed by atoms with van der Waals surface area (Å²) in [5, 5.41) is 8.94. The van der Waals surface area contributed by atoms with Crippen LogP contribution in [0.2, 0.25) is 0 Å². The van der Waals surface area contributed by atoms with Crippen LogP contribution in [-0.2, 0) is 9.59 Å². The molecule has 1 unspecified atom stereocenters. The zero-order chi connectivity index (χ0) is 14.1. The number of hydrogen-bond donors (Lipinski definition) is 1. The van der Waals surface area contributed by atoms with Gasteiger partial charge in [-0.05, 0) is 19.8 Å². The van der Waals surface area contributed by atoms with Gasteiger partial charge in [-0.1, -0.05) is 0 Å². The molecule has 0 aromatic heterocycles. The quantitative estimate of drug-likeness (QED) is 0.793. The molecular formula is C10H13F4NO3. The molecule has 0 bridgehead atoms. The number of halogens is 4. The Morgan fingerprint density at radius 2 is 1.94 bits per heavy atom. The minimum absolute atomic E-state index is 0.135. The number of hydrogen-bond acceptors (Lipinski definition) is 2. The molecule has 1 atom stereocenters. The van der Waals surface area contributed by atoms with E-state index in [1.165, 1.54) is 6.92 Å². The summed E-state index contributed by atoms with van der Waals surface area (Å²) in [7, 11) is 0. The lowest BCUT2D eigenvalue weighted by molar-refractivity contribution is -0.184. The van der Waals surface area contributed by atoms with Crippen LogP contribution >= 0.6 is 0 Å². The Morgan fingerprint density at radius 3 is 2.39 bits per heavy atom. The van der Waals surface area contributed by atoms with E-state index >= 15 is 0 Å². The van der Waals surface area contributed by atoms with Crippen LogP contribution in [-0.4, -0.2) is 47.3 Å². The Labute approximate surface area is 101 Å². The third-order valence-corrected chi connectivity index (χ3v) is 3.06. The van der Waals surface area contributed by atoms with Gasteiger partial charge in [0.1, 0.15) is 0 Å². The van der Waals surface area contributed by atoms with Crippen LogP contribution in [0.15, 0.2) is 0 Å². The van der Waals surface area contributed by atoms with Crippen molar-refractivity contribution >= 4 is 11.9 Å². The highest BCUT2D eigenvalue weighted by atomic mass is 19.3. The minimum atomic E-state index is -4.77. The number of amides is 1. The molecule has 1 fully saturated rings. The second kappa shape index (κ2) is 4.74. The SMILES string of the molecule is CC1(C(=O)O)CCCN(C(=O)C(F)(F)C(F)F)C1. The maximum Gasteiger partial charge on any atom is 0.383 e. The van der Waals surface area contributed by atoms with Crippen LogP contribution < -0.4 is 0 Å². The highest BCUT2D eigenvalue weighted by Gasteiger charge is 2.53. The molecule has 1 heterocycles. The maximum atomic E-state index is 12.9. The smallest absolute Gasteiger partial charge is 0.383 e. The van der Waals surface area contributed by atoms with E-state index in [-0.39, 0.29) is 19.4 Å². The van der Waals surface area contributed by atoms with Crippen molar-refractivity contribution in [2.45, 2.75) is 32.1 Å². The third kappa shape index (κ3) is 2.56. The average Bonchev–Trinajstić information content (AvgIpc) is 2.27. The number of alkyl halides is 4. The average molecular weight is 271 g/mol. The van der Waals surface area contributed by atoms with Crippen molar-refractivity contribution in [2.75, 3.05) is 13.1 Å². The lowest BCUT2D eigenvalue weighted by Crippen LogP contribution is -2.54. The first-order valence-corrected chi connectivity index (χ1v) is 5.30. The Kier molecular flexibility index (Phi) is 3.87. The molecule has 0 aromatic rings. The molecule has 18 heavy (non-hydrogen) atoms. The molecule has 0 saturated carbocycles. The number of piperidine rings is 1. The van der Waals surface area contributed by atoms with Gasteiger partial charge in [-0.3, -0.25) is 9.59 Å². The lowest BCUT2D eigenvalue weighted by atomic mass is 9.82. The van der Waals surface area contributed by atoms with Crippen LogP contribution in [0.4, 0.5) is 17.6 Å². The molecule has 0 spiro atoms. The summed E-state index contributed by atoms with van der Waals surface area (Å²) >= 11 is 0. The van der Waals surface area contributed by atoms with E-state index in [2.05, 4.69) is 0 Å². The first kappa shape index (κ1) is 14.7. The standard InChI is InChI=1S/C10H13F4NO3/c1-9(8(17)18)3-2-4-15(5-9)7(16)10(13,14)6(11)12/h6H,2-5H2,1H3,(H,17,18). The van der Waals surface area contributed by atoms with E-state index in [0.717, 1.165) is 0 Å². The zero-order valence-electron chi connectivity index (χ0n) is 9.63. The van der Waals surface area contributed by atoms with Crippen molar-refractivity contribution in [2.24, 2.45) is 5.41 Å². The minimum Gasteiger partial charge on any atom is -0.481 e. The van der Waals surface area contributed by atoms with E-state index in [1.807, 2.05) is 0 Å². The number of likely N-dealkylation sites (tertiary alicyclic amines) is 1. The monoisotopic (exact) mass is 271 g/mol. The number of nitrogens with zero attached hydrogens (tertiary/aromatic N) is 1. The topological polar surface area (TPSA) is 57.6 Å². The van der Waals surface area contributed by atoms with Gasteiger partial charge >= 0.3 is 18.3 Å². The van der Waals surface area contributed by atoms with Gasteiger partial charge in [0.05, 0.1) is 5.41 Å². The van der Waals surface area contributed by atoms with Crippen LogP contribution in [0.1, 0.15) is 19.8 Å². The molecule has 104 valence electrons. The Bertz CT molecular complexity index is 361. The van der Waals surface area contributed by atoms with E-state index in [9.17, 15) is 27.2 Å². The predicted molar refractivity (Wildman–Crippen MR) is 52.5 cm³/mol. The van der Waals surface area contributed by atoms with Crippen molar-refractivity contribution in [1.82, 2.24) is 4.90 Å². The summed E-state index contributed by atoms with van der Waals surface area (Å²) in [6.45, 7) is 0.683. The van der Waals surface area contributed by atoms with Crippen LogP contribution in [0.5, 0.6) is 0 Å². The number of carbonyl (C=O) groups is 2. The molecule has 1 aliphatic heterocycles. The van der Waals surface area contributed by atoms with Crippen LogP contribution in [0.3, 0.4) is 0 Å². The third-order valence-electron chi connectivity index (χ3n) is 3.06. The number of carboxylic acids is 1. The molecule has 1 aliphatic rings. The van der Waals surface area contributed by atoms with E-state index in [4.69, 9.17) is 5.11 Å². The van der Waals surface area contributed by atoms with Gasteiger partial charge in [0.25, 0.3) is 5.91 Å². The molecule has 0 aromatic carbocycles. The van der Waals surface area contributed by atoms with Gasteiger partial charge in [-0.2, -0.15) is 8.78 Å². The molecule has 1 amide bonds. The van der Waals surface area contributed by atoms with Gasteiger partial charge < -0.3 is 10.0 Å². The molecule has 1 rings (SSSR count). The van der Waals surface area contributed by atoms with Gasteiger partial charge in [-0.25, -0.2) is 8.78 Å². The van der Waals surface area contributed by atoms with Crippen molar-refractivity contribution in [1.29, 1.82) is 0 Å². The van der Waals surface area contributed by atoms with Crippen molar-refractivity contribution in [3.05, 3.63) is 0 Å². The van der Waals surface area contributed by atoms with E-state index < -0.39 is 36.2 Å². The summed E-state index contributed by atoms with van der Waals surface area (Å²) < 4.78 is 49.9. The largest absolute Gasteiger partial charge is 0.481 e. The first-order chi connectivity index (χ1) is 8.11. The molecule has 1 saturated heterocycles. The van der Waals surface area contributed by atoms with E-state index in [1.54, 1.807) is 0 Å². The molecule has 4 nitrogen and oxygen atoms in total. The molecule has 0 radical (unpaired) electrons. The highest BCUT2D eigenvalue weighted by Crippen LogP contribution is 2.33. The summed E-state index contributed by atoms with van der Waals surface area (Å²) in [5.41, 5.74) is -1.37. The predicted octanol–water partition coefficient (Wildman–Crippen LogP) is 1.60. The second-order valence-corrected chi connectivity index (χ2v) is 4.62. The first-order valence-electron chi connectivity index (χ1n) is 5.30. The normalized spacial score (nSPS) is 25.3. The molecular weight excluding hydrogens is 258 g/mol. The summed E-state index contributed by atoms with van der Waals surface area (Å²) in [6, 6.07) is 0. The Morgan fingerprint density at radius 1 is 1.39 bits per heavy atom. The number of aliphatic carboxylic acids is 1. The van der Waals surface area contributed by atoms with Crippen molar-refractivity contribution in [3.63, 3.8) is 0 Å². The zero-order valence-corrected chi connectivity index (χ0v) is 9.63. The Balaban J connectivity index is 2.85. The summed E-state index contributed by atoms with van der Waals surface area (Å²) in [4.78, 5) is 22.7. The van der Waals surface area contributed by atoms with Gasteiger partial charge in [-0.15, -0.1) is 0 Å². The lowest BCUT2D eigenvalue weighted by Gasteiger charge is -2.38. The molecule has 1 N–H and O–H groups in total. The van der Waals surface area contributed by atoms with Gasteiger partial charge in [0, 0.05) is 13.1 Å². The highest BCUT2D eigenvalue weighted by molar-refractivity contribution is 5.85. The maximum absolute atomic E-state index is 12.9. The number of carbonyl (C=O) groups excluding carboxylic acids is 1. The Hall–Kier alpha value is -1.34. The summed E-state index contributed by atoms with van der Waals surface area (Å²) in [5.74, 6) is -8.01. The second-order valence-electron chi connectivity index (χ2n) is 4.62. The fourth-order valence-electron chi connectivity index (χ4n) is 1.89.